The number of guanidine groups is 2. The van der Waals surface area contributed by atoms with Gasteiger partial charge in [-0.15, -0.1) is 0 Å². The zero-order valence-corrected chi connectivity index (χ0v) is 9.33. The molecule has 1 heterocycles. The highest BCUT2D eigenvalue weighted by molar-refractivity contribution is 5.99. The van der Waals surface area contributed by atoms with E-state index in [0.717, 1.165) is 24.9 Å². The highest BCUT2D eigenvalue weighted by Crippen LogP contribution is 1.98. The van der Waals surface area contributed by atoms with E-state index in [9.17, 15) is 0 Å². The van der Waals surface area contributed by atoms with Crippen molar-refractivity contribution in [2.45, 2.75) is 26.4 Å². The summed E-state index contributed by atoms with van der Waals surface area (Å²) in [6, 6.07) is 0. The van der Waals surface area contributed by atoms with Crippen molar-refractivity contribution >= 4 is 11.9 Å². The van der Waals surface area contributed by atoms with Gasteiger partial charge in [-0.3, -0.25) is 5.32 Å². The van der Waals surface area contributed by atoms with Crippen LogP contribution in [0.3, 0.4) is 0 Å². The Kier molecular flexibility index (Phi) is 3.73. The van der Waals surface area contributed by atoms with Gasteiger partial charge in [0.25, 0.3) is 0 Å². The third kappa shape index (κ3) is 2.90. The van der Waals surface area contributed by atoms with Gasteiger partial charge in [0.05, 0.1) is 0 Å². The Morgan fingerprint density at radius 2 is 2.14 bits per heavy atom. The molecular weight excluding hydrogens is 178 g/mol. The van der Waals surface area contributed by atoms with Gasteiger partial charge in [0.15, 0.2) is 5.96 Å². The first-order chi connectivity index (χ1) is 6.63. The SMILES string of the molecule is CCCNC1=NC(C)N=C(N(C)C)N1. The number of hydrogen-bond acceptors (Lipinski definition) is 5. The molecule has 0 saturated heterocycles. The van der Waals surface area contributed by atoms with E-state index in [4.69, 9.17) is 0 Å². The number of hydrogen-bond donors (Lipinski definition) is 2. The van der Waals surface area contributed by atoms with Crippen molar-refractivity contribution in [1.82, 2.24) is 15.5 Å². The molecule has 1 aliphatic rings. The van der Waals surface area contributed by atoms with Crippen molar-refractivity contribution in [2.24, 2.45) is 9.98 Å². The average molecular weight is 197 g/mol. The zero-order valence-electron chi connectivity index (χ0n) is 9.33. The van der Waals surface area contributed by atoms with Crippen LogP contribution in [0.4, 0.5) is 0 Å². The maximum atomic E-state index is 4.34. The van der Waals surface area contributed by atoms with Crippen LogP contribution in [0, 0.1) is 0 Å². The number of rotatable bonds is 2. The van der Waals surface area contributed by atoms with Crippen molar-refractivity contribution in [3.05, 3.63) is 0 Å². The van der Waals surface area contributed by atoms with Crippen LogP contribution in [0.25, 0.3) is 0 Å². The van der Waals surface area contributed by atoms with E-state index in [0.29, 0.717) is 0 Å². The molecule has 0 radical (unpaired) electrons. The van der Waals surface area contributed by atoms with Gasteiger partial charge in [-0.1, -0.05) is 6.92 Å². The molecule has 0 aromatic heterocycles. The second-order valence-corrected chi connectivity index (χ2v) is 3.51. The maximum absolute atomic E-state index is 4.34. The van der Waals surface area contributed by atoms with E-state index >= 15 is 0 Å². The van der Waals surface area contributed by atoms with E-state index < -0.39 is 0 Å². The van der Waals surface area contributed by atoms with Crippen LogP contribution in [0.1, 0.15) is 20.3 Å². The van der Waals surface area contributed by atoms with Crippen LogP contribution in [0.15, 0.2) is 9.98 Å². The molecule has 0 aromatic rings. The molecule has 1 rings (SSSR count). The molecule has 80 valence electrons. The summed E-state index contributed by atoms with van der Waals surface area (Å²) in [6.45, 7) is 5.03. The summed E-state index contributed by atoms with van der Waals surface area (Å²) >= 11 is 0. The standard InChI is InChI=1S/C9H19N5/c1-5-6-10-8-11-7(2)12-9(13-8)14(3)4/h7H,5-6H2,1-4H3,(H2,10,11,12,13). The summed E-state index contributed by atoms with van der Waals surface area (Å²) in [7, 11) is 3.92. The second kappa shape index (κ2) is 4.83. The van der Waals surface area contributed by atoms with Gasteiger partial charge in [0.1, 0.15) is 6.17 Å². The van der Waals surface area contributed by atoms with Gasteiger partial charge in [-0.05, 0) is 13.3 Å². The van der Waals surface area contributed by atoms with Crippen LogP contribution in [0.2, 0.25) is 0 Å². The highest BCUT2D eigenvalue weighted by Gasteiger charge is 2.13. The first-order valence-electron chi connectivity index (χ1n) is 4.97. The topological polar surface area (TPSA) is 52.0 Å². The Labute approximate surface area is 85.3 Å². The highest BCUT2D eigenvalue weighted by atomic mass is 15.4. The van der Waals surface area contributed by atoms with Crippen molar-refractivity contribution in [3.8, 4) is 0 Å². The third-order valence-corrected chi connectivity index (χ3v) is 1.82. The largest absolute Gasteiger partial charge is 0.356 e. The molecule has 0 spiro atoms. The predicted octanol–water partition coefficient (Wildman–Crippen LogP) is 0.209. The molecule has 5 nitrogen and oxygen atoms in total. The van der Waals surface area contributed by atoms with Crippen LogP contribution in [-0.4, -0.2) is 43.6 Å². The van der Waals surface area contributed by atoms with Crippen molar-refractivity contribution in [3.63, 3.8) is 0 Å². The van der Waals surface area contributed by atoms with Crippen molar-refractivity contribution in [1.29, 1.82) is 0 Å². The Morgan fingerprint density at radius 3 is 2.71 bits per heavy atom. The lowest BCUT2D eigenvalue weighted by atomic mass is 10.5. The Hall–Kier alpha value is -1.26. The monoisotopic (exact) mass is 197 g/mol. The maximum Gasteiger partial charge on any atom is 0.202 e. The van der Waals surface area contributed by atoms with Gasteiger partial charge in [-0.2, -0.15) is 0 Å². The van der Waals surface area contributed by atoms with Crippen LogP contribution in [-0.2, 0) is 0 Å². The smallest absolute Gasteiger partial charge is 0.202 e. The quantitative estimate of drug-likeness (QED) is 0.665. The molecule has 0 amide bonds. The lowest BCUT2D eigenvalue weighted by Gasteiger charge is -2.24. The van der Waals surface area contributed by atoms with Gasteiger partial charge >= 0.3 is 0 Å². The number of nitrogens with one attached hydrogen (secondary N) is 2. The molecule has 0 aliphatic carbocycles. The molecule has 0 saturated carbocycles. The third-order valence-electron chi connectivity index (χ3n) is 1.82. The molecule has 0 bridgehead atoms. The molecule has 1 unspecified atom stereocenters. The Morgan fingerprint density at radius 1 is 1.43 bits per heavy atom. The first kappa shape index (κ1) is 10.8. The van der Waals surface area contributed by atoms with E-state index in [1.165, 1.54) is 0 Å². The normalized spacial score (nSPS) is 20.7. The minimum Gasteiger partial charge on any atom is -0.356 e. The molecule has 2 N–H and O–H groups in total. The second-order valence-electron chi connectivity index (χ2n) is 3.51. The molecule has 5 heteroatoms. The van der Waals surface area contributed by atoms with E-state index in [1.54, 1.807) is 0 Å². The predicted molar refractivity (Wildman–Crippen MR) is 59.4 cm³/mol. The molecule has 1 aliphatic heterocycles. The van der Waals surface area contributed by atoms with E-state index in [-0.39, 0.29) is 6.17 Å². The van der Waals surface area contributed by atoms with Crippen LogP contribution in [0.5, 0.6) is 0 Å². The lowest BCUT2D eigenvalue weighted by molar-refractivity contribution is 0.577. The van der Waals surface area contributed by atoms with Gasteiger partial charge < -0.3 is 10.2 Å². The summed E-state index contributed by atoms with van der Waals surface area (Å²) < 4.78 is 0. The van der Waals surface area contributed by atoms with Gasteiger partial charge in [-0.25, -0.2) is 9.98 Å². The summed E-state index contributed by atoms with van der Waals surface area (Å²) in [5.41, 5.74) is 0. The Bertz CT molecular complexity index is 244. The zero-order chi connectivity index (χ0) is 10.6. The summed E-state index contributed by atoms with van der Waals surface area (Å²) in [4.78, 5) is 10.6. The molecular formula is C9H19N5. The van der Waals surface area contributed by atoms with Crippen LogP contribution >= 0.6 is 0 Å². The van der Waals surface area contributed by atoms with Crippen molar-refractivity contribution < 1.29 is 0 Å². The summed E-state index contributed by atoms with van der Waals surface area (Å²) in [5, 5.41) is 6.35. The average Bonchev–Trinajstić information content (AvgIpc) is 2.14. The molecule has 0 fully saturated rings. The summed E-state index contributed by atoms with van der Waals surface area (Å²) in [5.74, 6) is 1.67. The Balaban J connectivity index is 2.56. The fourth-order valence-corrected chi connectivity index (χ4v) is 1.12. The van der Waals surface area contributed by atoms with Gasteiger partial charge in [0.2, 0.25) is 5.96 Å². The first-order valence-corrected chi connectivity index (χ1v) is 4.97. The summed E-state index contributed by atoms with van der Waals surface area (Å²) in [6.07, 6.45) is 1.08. The fourth-order valence-electron chi connectivity index (χ4n) is 1.12. The molecule has 0 aromatic carbocycles. The molecule has 1 atom stereocenters. The molecule has 14 heavy (non-hydrogen) atoms. The minimum atomic E-state index is -0.00648. The number of nitrogens with zero attached hydrogens (tertiary/aromatic N) is 3. The van der Waals surface area contributed by atoms with E-state index in [1.807, 2.05) is 25.9 Å². The number of aliphatic imine (C=N–C) groups is 2. The van der Waals surface area contributed by atoms with Gasteiger partial charge in [0, 0.05) is 20.6 Å². The van der Waals surface area contributed by atoms with Crippen LogP contribution < -0.4 is 10.6 Å². The van der Waals surface area contributed by atoms with Crippen molar-refractivity contribution in [2.75, 3.05) is 20.6 Å². The lowest BCUT2D eigenvalue weighted by Crippen LogP contribution is -2.49. The fraction of sp³-hybridized carbons (Fsp3) is 0.778. The minimum absolute atomic E-state index is 0.00648. The van der Waals surface area contributed by atoms with E-state index in [2.05, 4.69) is 27.5 Å².